The maximum Gasteiger partial charge on any atom is 0.416 e. The Bertz CT molecular complexity index is 1160. The molecule has 1 aromatic carbocycles. The van der Waals surface area contributed by atoms with E-state index < -0.39 is 28.9 Å². The fourth-order valence-corrected chi connectivity index (χ4v) is 2.55. The number of benzene rings is 1. The Labute approximate surface area is 149 Å². The largest absolute Gasteiger partial charge is 0.416 e. The second-order valence-electron chi connectivity index (χ2n) is 5.83. The maximum atomic E-state index is 12.6. The summed E-state index contributed by atoms with van der Waals surface area (Å²) in [6, 6.07) is 5.06. The number of rotatable bonds is 2. The minimum Gasteiger partial charge on any atom is -0.321 e. The van der Waals surface area contributed by atoms with Crippen molar-refractivity contribution >= 4 is 22.6 Å². The first kappa shape index (κ1) is 18.4. The lowest BCUT2D eigenvalue weighted by Gasteiger charge is -2.10. The van der Waals surface area contributed by atoms with Gasteiger partial charge in [0.1, 0.15) is 5.65 Å². The summed E-state index contributed by atoms with van der Waals surface area (Å²) in [5.74, 6) is -0.661. The number of carbonyl (C=O) groups excluding carboxylic acids is 1. The molecule has 1 N–H and O–H groups in total. The van der Waals surface area contributed by atoms with Gasteiger partial charge in [0.25, 0.3) is 11.5 Å². The number of alkyl halides is 3. The van der Waals surface area contributed by atoms with Gasteiger partial charge in [0.15, 0.2) is 0 Å². The lowest BCUT2D eigenvalue weighted by molar-refractivity contribution is -0.137. The topological polar surface area (TPSA) is 86.0 Å². The van der Waals surface area contributed by atoms with Crippen LogP contribution in [0, 0.1) is 0 Å². The average Bonchev–Trinajstić information content (AvgIpc) is 2.64. The number of carbonyl (C=O) groups is 1. The van der Waals surface area contributed by atoms with Gasteiger partial charge in [0.05, 0.1) is 22.8 Å². The van der Waals surface area contributed by atoms with Crippen molar-refractivity contribution in [1.82, 2.24) is 14.1 Å². The number of anilines is 1. The second-order valence-corrected chi connectivity index (χ2v) is 5.83. The SMILES string of the molecule is Cn1c(=O)c2cc(NC(=O)c3ccc(C(F)(F)F)cc3)cnc2n(C)c1=O. The predicted molar refractivity (Wildman–Crippen MR) is 91.6 cm³/mol. The molecule has 0 aliphatic rings. The van der Waals surface area contributed by atoms with Crippen molar-refractivity contribution in [3.8, 4) is 0 Å². The highest BCUT2D eigenvalue weighted by Gasteiger charge is 2.30. The number of hydrogen-bond acceptors (Lipinski definition) is 4. The number of halogens is 3. The standard InChI is InChI=1S/C17H13F3N4O3/c1-23-13-12(15(26)24(2)16(23)27)7-11(8-21-13)22-14(25)9-3-5-10(6-4-9)17(18,19)20/h3-8H,1-2H3,(H,22,25). The smallest absolute Gasteiger partial charge is 0.321 e. The Hall–Kier alpha value is -3.43. The lowest BCUT2D eigenvalue weighted by atomic mass is 10.1. The van der Waals surface area contributed by atoms with Gasteiger partial charge in [0.2, 0.25) is 0 Å². The molecule has 3 rings (SSSR count). The number of fused-ring (bicyclic) bond motifs is 1. The minimum atomic E-state index is -4.49. The number of aromatic nitrogens is 3. The van der Waals surface area contributed by atoms with E-state index in [0.29, 0.717) is 0 Å². The van der Waals surface area contributed by atoms with Crippen LogP contribution in [-0.2, 0) is 20.3 Å². The third kappa shape index (κ3) is 3.33. The van der Waals surface area contributed by atoms with E-state index in [1.807, 2.05) is 0 Å². The van der Waals surface area contributed by atoms with Gasteiger partial charge in [-0.05, 0) is 30.3 Å². The molecule has 0 radical (unpaired) electrons. The number of aryl methyl sites for hydroxylation is 1. The van der Waals surface area contributed by atoms with E-state index in [9.17, 15) is 27.6 Å². The highest BCUT2D eigenvalue weighted by Crippen LogP contribution is 2.29. The van der Waals surface area contributed by atoms with Crippen molar-refractivity contribution in [1.29, 1.82) is 0 Å². The molecular weight excluding hydrogens is 365 g/mol. The zero-order valence-corrected chi connectivity index (χ0v) is 14.2. The van der Waals surface area contributed by atoms with Gasteiger partial charge >= 0.3 is 11.9 Å². The summed E-state index contributed by atoms with van der Waals surface area (Å²) in [6.07, 6.45) is -3.24. The highest BCUT2D eigenvalue weighted by molar-refractivity contribution is 6.04. The molecule has 27 heavy (non-hydrogen) atoms. The maximum absolute atomic E-state index is 12.6. The van der Waals surface area contributed by atoms with Gasteiger partial charge in [-0.2, -0.15) is 13.2 Å². The van der Waals surface area contributed by atoms with Crippen molar-refractivity contribution in [2.24, 2.45) is 14.1 Å². The first-order valence-electron chi connectivity index (χ1n) is 7.64. The van der Waals surface area contributed by atoms with Crippen molar-refractivity contribution in [3.63, 3.8) is 0 Å². The van der Waals surface area contributed by atoms with Gasteiger partial charge in [-0.1, -0.05) is 0 Å². The van der Waals surface area contributed by atoms with Gasteiger partial charge in [-0.15, -0.1) is 0 Å². The predicted octanol–water partition coefficient (Wildman–Crippen LogP) is 1.90. The Morgan fingerprint density at radius 2 is 1.70 bits per heavy atom. The van der Waals surface area contributed by atoms with Crippen LogP contribution in [0.5, 0.6) is 0 Å². The van der Waals surface area contributed by atoms with E-state index in [1.54, 1.807) is 0 Å². The summed E-state index contributed by atoms with van der Waals surface area (Å²) in [5.41, 5.74) is -1.65. The molecule has 0 aliphatic heterocycles. The Morgan fingerprint density at radius 1 is 1.07 bits per heavy atom. The monoisotopic (exact) mass is 378 g/mol. The van der Waals surface area contributed by atoms with Crippen LogP contribution in [0.3, 0.4) is 0 Å². The number of nitrogens with one attached hydrogen (secondary N) is 1. The molecule has 2 aromatic heterocycles. The van der Waals surface area contributed by atoms with Crippen molar-refractivity contribution in [2.75, 3.05) is 5.32 Å². The quantitative estimate of drug-likeness (QED) is 0.738. The Morgan fingerprint density at radius 3 is 2.30 bits per heavy atom. The van der Waals surface area contributed by atoms with Gasteiger partial charge in [-0.3, -0.25) is 18.7 Å². The van der Waals surface area contributed by atoms with Crippen LogP contribution in [0.2, 0.25) is 0 Å². The van der Waals surface area contributed by atoms with Crippen LogP contribution >= 0.6 is 0 Å². The summed E-state index contributed by atoms with van der Waals surface area (Å²) in [5, 5.41) is 2.59. The summed E-state index contributed by atoms with van der Waals surface area (Å²) in [4.78, 5) is 40.4. The van der Waals surface area contributed by atoms with E-state index in [4.69, 9.17) is 0 Å². The van der Waals surface area contributed by atoms with Crippen molar-refractivity contribution in [2.45, 2.75) is 6.18 Å². The second kappa shape index (κ2) is 6.38. The lowest BCUT2D eigenvalue weighted by Crippen LogP contribution is -2.37. The summed E-state index contributed by atoms with van der Waals surface area (Å²) in [6.45, 7) is 0. The number of nitrogens with zero attached hydrogens (tertiary/aromatic N) is 3. The molecule has 0 aliphatic carbocycles. The Balaban J connectivity index is 1.94. The van der Waals surface area contributed by atoms with Crippen LogP contribution in [0.4, 0.5) is 18.9 Å². The van der Waals surface area contributed by atoms with E-state index in [1.165, 1.54) is 30.9 Å². The molecule has 7 nitrogen and oxygen atoms in total. The molecular formula is C17H13F3N4O3. The third-order valence-electron chi connectivity index (χ3n) is 4.03. The van der Waals surface area contributed by atoms with E-state index in [0.717, 1.165) is 28.8 Å². The summed E-state index contributed by atoms with van der Waals surface area (Å²) >= 11 is 0. The third-order valence-corrected chi connectivity index (χ3v) is 4.03. The molecule has 0 bridgehead atoms. The fourth-order valence-electron chi connectivity index (χ4n) is 2.55. The zero-order chi connectivity index (χ0) is 19.9. The van der Waals surface area contributed by atoms with Gasteiger partial charge in [0, 0.05) is 19.7 Å². The van der Waals surface area contributed by atoms with Crippen molar-refractivity contribution < 1.29 is 18.0 Å². The average molecular weight is 378 g/mol. The molecule has 3 aromatic rings. The molecule has 140 valence electrons. The van der Waals surface area contributed by atoms with E-state index >= 15 is 0 Å². The molecule has 0 fully saturated rings. The molecule has 10 heteroatoms. The fraction of sp³-hybridized carbons (Fsp3) is 0.176. The van der Waals surface area contributed by atoms with Crippen molar-refractivity contribution in [3.05, 3.63) is 68.5 Å². The van der Waals surface area contributed by atoms with Crippen LogP contribution < -0.4 is 16.6 Å². The molecule has 0 unspecified atom stereocenters. The molecule has 0 atom stereocenters. The summed E-state index contributed by atoms with van der Waals surface area (Å²) in [7, 11) is 2.77. The molecule has 0 saturated heterocycles. The zero-order valence-electron chi connectivity index (χ0n) is 14.2. The number of amides is 1. The summed E-state index contributed by atoms with van der Waals surface area (Å²) < 4.78 is 39.8. The number of pyridine rings is 1. The van der Waals surface area contributed by atoms with Crippen LogP contribution in [0.25, 0.3) is 11.0 Å². The van der Waals surface area contributed by atoms with Gasteiger partial charge < -0.3 is 5.32 Å². The first-order valence-corrected chi connectivity index (χ1v) is 7.64. The Kier molecular flexibility index (Phi) is 4.34. The molecule has 0 saturated carbocycles. The first-order chi connectivity index (χ1) is 12.6. The number of hydrogen-bond donors (Lipinski definition) is 1. The normalized spacial score (nSPS) is 11.6. The van der Waals surface area contributed by atoms with Gasteiger partial charge in [-0.25, -0.2) is 9.78 Å². The molecule has 0 spiro atoms. The molecule has 2 heterocycles. The highest BCUT2D eigenvalue weighted by atomic mass is 19.4. The minimum absolute atomic E-state index is 0.0106. The van der Waals surface area contributed by atoms with Crippen LogP contribution in [0.15, 0.2) is 46.1 Å². The van der Waals surface area contributed by atoms with Crippen LogP contribution in [-0.4, -0.2) is 20.0 Å². The molecule has 1 amide bonds. The van der Waals surface area contributed by atoms with E-state index in [2.05, 4.69) is 10.3 Å². The van der Waals surface area contributed by atoms with E-state index in [-0.39, 0.29) is 22.3 Å². The van der Waals surface area contributed by atoms with Crippen LogP contribution in [0.1, 0.15) is 15.9 Å².